The molecule has 8 heteroatoms. The van der Waals surface area contributed by atoms with Crippen molar-refractivity contribution in [3.63, 3.8) is 0 Å². The highest BCUT2D eigenvalue weighted by Crippen LogP contribution is 2.20. The van der Waals surface area contributed by atoms with Crippen molar-refractivity contribution in [3.05, 3.63) is 29.1 Å². The molecular formula is C16H24N2O6. The van der Waals surface area contributed by atoms with Crippen LogP contribution in [0.3, 0.4) is 0 Å². The van der Waals surface area contributed by atoms with Crippen LogP contribution >= 0.6 is 0 Å². The van der Waals surface area contributed by atoms with Gasteiger partial charge in [0, 0.05) is 18.3 Å². The quantitative estimate of drug-likeness (QED) is 0.616. The van der Waals surface area contributed by atoms with E-state index in [0.717, 1.165) is 0 Å². The van der Waals surface area contributed by atoms with Crippen LogP contribution in [0.1, 0.15) is 54.9 Å². The van der Waals surface area contributed by atoms with Crippen LogP contribution in [0.4, 0.5) is 4.79 Å². The van der Waals surface area contributed by atoms with Crippen LogP contribution in [0.2, 0.25) is 0 Å². The highest BCUT2D eigenvalue weighted by Gasteiger charge is 2.21. The molecule has 0 saturated carbocycles. The Hall–Kier alpha value is -2.19. The van der Waals surface area contributed by atoms with Gasteiger partial charge in [0.25, 0.3) is 0 Å². The van der Waals surface area contributed by atoms with E-state index < -0.39 is 29.9 Å². The number of nitrogens with zero attached hydrogens (tertiary/aromatic N) is 1. The van der Waals surface area contributed by atoms with Gasteiger partial charge in [-0.15, -0.1) is 0 Å². The molecule has 24 heavy (non-hydrogen) atoms. The molecule has 1 amide bonds. The molecule has 0 spiro atoms. The maximum Gasteiger partial charge on any atom is 0.407 e. The SMILES string of the molecule is Cc1cc(C(O)C(O)CCNC(=O)OC(C)(C)C)cnc1C(=O)O. The van der Waals surface area contributed by atoms with Gasteiger partial charge in [-0.05, 0) is 45.7 Å². The third-order valence-electron chi connectivity index (χ3n) is 3.12. The maximum absolute atomic E-state index is 11.5. The van der Waals surface area contributed by atoms with Crippen LogP contribution in [0, 0.1) is 6.92 Å². The van der Waals surface area contributed by atoms with Gasteiger partial charge < -0.3 is 25.4 Å². The first-order valence-corrected chi connectivity index (χ1v) is 7.54. The number of aromatic nitrogens is 1. The van der Waals surface area contributed by atoms with Crippen LogP contribution in [-0.4, -0.2) is 50.6 Å². The Morgan fingerprint density at radius 3 is 2.46 bits per heavy atom. The molecule has 1 aromatic heterocycles. The molecule has 0 aliphatic heterocycles. The first kappa shape index (κ1) is 19.9. The predicted octanol–water partition coefficient (Wildman–Crippen LogP) is 1.40. The number of aryl methyl sites for hydroxylation is 1. The van der Waals surface area contributed by atoms with E-state index in [1.165, 1.54) is 12.3 Å². The van der Waals surface area contributed by atoms with Crippen LogP contribution in [0.15, 0.2) is 12.3 Å². The number of rotatable bonds is 6. The molecule has 1 heterocycles. The summed E-state index contributed by atoms with van der Waals surface area (Å²) < 4.78 is 5.06. The topological polar surface area (TPSA) is 129 Å². The lowest BCUT2D eigenvalue weighted by Crippen LogP contribution is -2.34. The number of hydrogen-bond donors (Lipinski definition) is 4. The standard InChI is InChI=1S/C16H24N2O6/c1-9-7-10(8-18-12(9)14(21)22)13(20)11(19)5-6-17-15(23)24-16(2,3)4/h7-8,11,13,19-20H,5-6H2,1-4H3,(H,17,23)(H,21,22). The van der Waals surface area contributed by atoms with Gasteiger partial charge in [-0.3, -0.25) is 0 Å². The van der Waals surface area contributed by atoms with E-state index in [4.69, 9.17) is 9.84 Å². The molecule has 0 aliphatic carbocycles. The molecular weight excluding hydrogens is 316 g/mol. The van der Waals surface area contributed by atoms with E-state index in [1.807, 2.05) is 0 Å². The van der Waals surface area contributed by atoms with Crippen LogP contribution < -0.4 is 5.32 Å². The van der Waals surface area contributed by atoms with Crippen molar-refractivity contribution in [2.45, 2.75) is 51.9 Å². The third-order valence-corrected chi connectivity index (χ3v) is 3.12. The maximum atomic E-state index is 11.5. The molecule has 0 aliphatic rings. The second-order valence-corrected chi connectivity index (χ2v) is 6.47. The summed E-state index contributed by atoms with van der Waals surface area (Å²) in [6.07, 6.45) is -1.67. The van der Waals surface area contributed by atoms with E-state index in [-0.39, 0.29) is 18.7 Å². The molecule has 1 aromatic rings. The number of aromatic carboxylic acids is 1. The third kappa shape index (κ3) is 6.13. The van der Waals surface area contributed by atoms with Gasteiger partial charge in [-0.25, -0.2) is 14.6 Å². The van der Waals surface area contributed by atoms with Crippen LogP contribution in [0.5, 0.6) is 0 Å². The van der Waals surface area contributed by atoms with Crippen molar-refractivity contribution in [1.82, 2.24) is 10.3 Å². The number of alkyl carbamates (subject to hydrolysis) is 1. The molecule has 1 rings (SSSR count). The zero-order valence-corrected chi connectivity index (χ0v) is 14.2. The number of carbonyl (C=O) groups excluding carboxylic acids is 1. The largest absolute Gasteiger partial charge is 0.477 e. The number of carboxylic acid groups (broad SMARTS) is 1. The molecule has 0 radical (unpaired) electrons. The van der Waals surface area contributed by atoms with Gasteiger partial charge in [0.05, 0.1) is 6.10 Å². The second-order valence-electron chi connectivity index (χ2n) is 6.47. The minimum absolute atomic E-state index is 0.0974. The Morgan fingerprint density at radius 2 is 1.96 bits per heavy atom. The summed E-state index contributed by atoms with van der Waals surface area (Å²) in [5.74, 6) is -1.16. The second kappa shape index (κ2) is 8.07. The number of nitrogens with one attached hydrogen (secondary N) is 1. The number of amides is 1. The highest BCUT2D eigenvalue weighted by atomic mass is 16.6. The number of pyridine rings is 1. The Bertz CT molecular complexity index is 597. The molecule has 0 aromatic carbocycles. The lowest BCUT2D eigenvalue weighted by atomic mass is 10.0. The molecule has 0 fully saturated rings. The predicted molar refractivity (Wildman–Crippen MR) is 85.8 cm³/mol. The van der Waals surface area contributed by atoms with Crippen molar-refractivity contribution in [1.29, 1.82) is 0 Å². The minimum Gasteiger partial charge on any atom is -0.477 e. The lowest BCUT2D eigenvalue weighted by molar-refractivity contribution is 0.0121. The highest BCUT2D eigenvalue weighted by molar-refractivity contribution is 5.86. The van der Waals surface area contributed by atoms with Gasteiger partial charge in [0.2, 0.25) is 0 Å². The van der Waals surface area contributed by atoms with Gasteiger partial charge in [-0.2, -0.15) is 0 Å². The fraction of sp³-hybridized carbons (Fsp3) is 0.562. The number of carbonyl (C=O) groups is 2. The molecule has 2 atom stereocenters. The lowest BCUT2D eigenvalue weighted by Gasteiger charge is -2.21. The molecule has 4 N–H and O–H groups in total. The average Bonchev–Trinajstić information content (AvgIpc) is 2.43. The number of aliphatic hydroxyl groups excluding tert-OH is 2. The number of carboxylic acids is 1. The van der Waals surface area contributed by atoms with Gasteiger partial charge >= 0.3 is 12.1 Å². The number of ether oxygens (including phenoxy) is 1. The smallest absolute Gasteiger partial charge is 0.407 e. The Morgan fingerprint density at radius 1 is 1.33 bits per heavy atom. The van der Waals surface area contributed by atoms with Crippen molar-refractivity contribution in [2.24, 2.45) is 0 Å². The molecule has 8 nitrogen and oxygen atoms in total. The summed E-state index contributed by atoms with van der Waals surface area (Å²) in [5.41, 5.74) is -0.0236. The van der Waals surface area contributed by atoms with E-state index >= 15 is 0 Å². The molecule has 0 saturated heterocycles. The van der Waals surface area contributed by atoms with Crippen LogP contribution in [0.25, 0.3) is 0 Å². The summed E-state index contributed by atoms with van der Waals surface area (Å²) in [4.78, 5) is 26.2. The summed E-state index contributed by atoms with van der Waals surface area (Å²) in [6.45, 7) is 6.89. The van der Waals surface area contributed by atoms with E-state index in [1.54, 1.807) is 27.7 Å². The van der Waals surface area contributed by atoms with E-state index in [9.17, 15) is 19.8 Å². The first-order chi connectivity index (χ1) is 11.0. The monoisotopic (exact) mass is 340 g/mol. The number of hydrogen-bond acceptors (Lipinski definition) is 6. The van der Waals surface area contributed by atoms with Crippen LogP contribution in [-0.2, 0) is 4.74 Å². The minimum atomic E-state index is -1.24. The van der Waals surface area contributed by atoms with Gasteiger partial charge in [-0.1, -0.05) is 0 Å². The summed E-state index contributed by atoms with van der Waals surface area (Å²) in [7, 11) is 0. The van der Waals surface area contributed by atoms with E-state index in [0.29, 0.717) is 11.1 Å². The average molecular weight is 340 g/mol. The zero-order chi connectivity index (χ0) is 18.5. The summed E-state index contributed by atoms with van der Waals surface area (Å²) in [5, 5.41) is 31.5. The normalized spacial score (nSPS) is 13.9. The summed E-state index contributed by atoms with van der Waals surface area (Å²) in [6, 6.07) is 1.46. The Labute approximate surface area is 140 Å². The van der Waals surface area contributed by atoms with Gasteiger partial charge in [0.1, 0.15) is 11.7 Å². The van der Waals surface area contributed by atoms with Crippen molar-refractivity contribution < 1.29 is 29.6 Å². The molecule has 0 bridgehead atoms. The fourth-order valence-corrected chi connectivity index (χ4v) is 2.00. The van der Waals surface area contributed by atoms with Crippen molar-refractivity contribution in [3.8, 4) is 0 Å². The number of aliphatic hydroxyl groups is 2. The fourth-order valence-electron chi connectivity index (χ4n) is 2.00. The molecule has 2 unspecified atom stereocenters. The Kier molecular flexibility index (Phi) is 6.68. The summed E-state index contributed by atoms with van der Waals surface area (Å²) >= 11 is 0. The van der Waals surface area contributed by atoms with E-state index in [2.05, 4.69) is 10.3 Å². The first-order valence-electron chi connectivity index (χ1n) is 7.54. The molecule has 134 valence electrons. The van der Waals surface area contributed by atoms with Gasteiger partial charge in [0.15, 0.2) is 5.69 Å². The van der Waals surface area contributed by atoms with Crippen molar-refractivity contribution >= 4 is 12.1 Å². The Balaban J connectivity index is 2.56. The zero-order valence-electron chi connectivity index (χ0n) is 14.2. The van der Waals surface area contributed by atoms with Crippen molar-refractivity contribution in [2.75, 3.05) is 6.54 Å².